The molecule has 0 radical (unpaired) electrons. The van der Waals surface area contributed by atoms with Gasteiger partial charge in [0.05, 0.1) is 5.69 Å². The predicted octanol–water partition coefficient (Wildman–Crippen LogP) is 4.47. The van der Waals surface area contributed by atoms with Gasteiger partial charge in [-0.25, -0.2) is 4.90 Å². The molecule has 2 amide bonds. The van der Waals surface area contributed by atoms with Gasteiger partial charge in [0.25, 0.3) is 0 Å². The molecule has 0 atom stereocenters. The lowest BCUT2D eigenvalue weighted by Crippen LogP contribution is -2.34. The maximum absolute atomic E-state index is 11.5. The Morgan fingerprint density at radius 3 is 1.95 bits per heavy atom. The third-order valence-electron chi connectivity index (χ3n) is 2.35. The van der Waals surface area contributed by atoms with Crippen LogP contribution >= 0.6 is 21.7 Å². The molecule has 19 heavy (non-hydrogen) atoms. The van der Waals surface area contributed by atoms with Crippen LogP contribution in [-0.2, 0) is 9.59 Å². The van der Waals surface area contributed by atoms with E-state index in [0.717, 1.165) is 31.9 Å². The summed E-state index contributed by atoms with van der Waals surface area (Å²) >= 11 is 0. The molecule has 1 aromatic carbocycles. The molecular formula is C14H20ClNO2S. The average molecular weight is 302 g/mol. The van der Waals surface area contributed by atoms with Crippen LogP contribution in [0.2, 0.25) is 0 Å². The Bertz CT molecular complexity index is 461. The SMILES string of the molecule is CC.CC(=O)N(C(C)=O)c1c(C)cc(C)cc1SCl. The first-order valence-corrected chi connectivity index (χ1v) is 7.73. The van der Waals surface area contributed by atoms with Crippen LogP contribution in [0.3, 0.4) is 0 Å². The Balaban J connectivity index is 0.00000154. The molecule has 106 valence electrons. The highest BCUT2D eigenvalue weighted by Crippen LogP contribution is 2.36. The number of imide groups is 1. The highest BCUT2D eigenvalue weighted by Gasteiger charge is 2.22. The molecule has 0 N–H and O–H groups in total. The standard InChI is InChI=1S/C12H14ClNO2S.C2H6/c1-7-5-8(2)12(11(6-7)17-13)14(9(3)15)10(4)16;1-2/h5-6H,1-4H3;1-2H3. The van der Waals surface area contributed by atoms with E-state index in [-0.39, 0.29) is 11.8 Å². The molecule has 0 aromatic heterocycles. The number of anilines is 1. The first kappa shape index (κ1) is 18.0. The van der Waals surface area contributed by atoms with Crippen LogP contribution in [0.15, 0.2) is 17.0 Å². The van der Waals surface area contributed by atoms with Gasteiger partial charge in [0.2, 0.25) is 11.8 Å². The highest BCUT2D eigenvalue weighted by molar-refractivity contribution is 8.21. The topological polar surface area (TPSA) is 37.4 Å². The molecule has 0 spiro atoms. The number of hydrogen-bond acceptors (Lipinski definition) is 3. The number of benzene rings is 1. The van der Waals surface area contributed by atoms with Gasteiger partial charge in [0.1, 0.15) is 0 Å². The lowest BCUT2D eigenvalue weighted by molar-refractivity contribution is -0.124. The third-order valence-corrected chi connectivity index (χ3v) is 3.32. The van der Waals surface area contributed by atoms with Crippen molar-refractivity contribution in [2.45, 2.75) is 46.4 Å². The molecule has 0 unspecified atom stereocenters. The summed E-state index contributed by atoms with van der Waals surface area (Å²) in [6.45, 7) is 10.5. The lowest BCUT2D eigenvalue weighted by atomic mass is 10.1. The molecule has 0 fully saturated rings. The molecule has 5 heteroatoms. The highest BCUT2D eigenvalue weighted by atomic mass is 35.7. The van der Waals surface area contributed by atoms with Gasteiger partial charge in [-0.05, 0) is 52.7 Å². The van der Waals surface area contributed by atoms with Crippen LogP contribution < -0.4 is 4.90 Å². The zero-order chi connectivity index (χ0) is 15.2. The minimum absolute atomic E-state index is 0.309. The minimum Gasteiger partial charge on any atom is -0.274 e. The summed E-state index contributed by atoms with van der Waals surface area (Å²) in [5, 5.41) is 0. The van der Waals surface area contributed by atoms with Crippen molar-refractivity contribution in [1.82, 2.24) is 0 Å². The second kappa shape index (κ2) is 8.23. The van der Waals surface area contributed by atoms with Crippen molar-refractivity contribution >= 4 is 39.2 Å². The van der Waals surface area contributed by atoms with Gasteiger partial charge in [-0.3, -0.25) is 9.59 Å². The van der Waals surface area contributed by atoms with Gasteiger partial charge in [0, 0.05) is 18.7 Å². The van der Waals surface area contributed by atoms with Gasteiger partial charge < -0.3 is 0 Å². The number of amides is 2. The Morgan fingerprint density at radius 2 is 1.58 bits per heavy atom. The van der Waals surface area contributed by atoms with E-state index in [1.165, 1.54) is 13.8 Å². The molecule has 1 rings (SSSR count). The molecule has 0 saturated carbocycles. The van der Waals surface area contributed by atoms with E-state index in [0.29, 0.717) is 5.69 Å². The fourth-order valence-electron chi connectivity index (χ4n) is 1.80. The Kier molecular flexibility index (Phi) is 7.79. The fraction of sp³-hybridized carbons (Fsp3) is 0.429. The summed E-state index contributed by atoms with van der Waals surface area (Å²) in [5.41, 5.74) is 2.48. The largest absolute Gasteiger partial charge is 0.274 e. The second-order valence-electron chi connectivity index (χ2n) is 3.88. The third kappa shape index (κ3) is 4.55. The van der Waals surface area contributed by atoms with Crippen molar-refractivity contribution in [3.8, 4) is 0 Å². The summed E-state index contributed by atoms with van der Waals surface area (Å²) < 4.78 is 0. The smallest absolute Gasteiger partial charge is 0.230 e. The van der Waals surface area contributed by atoms with Crippen LogP contribution in [0.25, 0.3) is 0 Å². The van der Waals surface area contributed by atoms with Crippen LogP contribution in [0.5, 0.6) is 0 Å². The molecule has 0 aliphatic heterocycles. The number of carbonyl (C=O) groups excluding carboxylic acids is 2. The van der Waals surface area contributed by atoms with Gasteiger partial charge in [-0.2, -0.15) is 0 Å². The van der Waals surface area contributed by atoms with Crippen molar-refractivity contribution in [3.05, 3.63) is 23.3 Å². The van der Waals surface area contributed by atoms with E-state index < -0.39 is 0 Å². The van der Waals surface area contributed by atoms with Crippen molar-refractivity contribution in [2.24, 2.45) is 0 Å². The second-order valence-corrected chi connectivity index (χ2v) is 4.94. The Morgan fingerprint density at radius 1 is 1.11 bits per heavy atom. The van der Waals surface area contributed by atoms with Crippen molar-refractivity contribution in [3.63, 3.8) is 0 Å². The zero-order valence-corrected chi connectivity index (χ0v) is 13.8. The maximum Gasteiger partial charge on any atom is 0.230 e. The van der Waals surface area contributed by atoms with E-state index in [9.17, 15) is 9.59 Å². The van der Waals surface area contributed by atoms with Gasteiger partial charge in [-0.15, -0.1) is 0 Å². The number of carbonyl (C=O) groups is 2. The quantitative estimate of drug-likeness (QED) is 0.808. The predicted molar refractivity (Wildman–Crippen MR) is 82.8 cm³/mol. The first-order valence-electron chi connectivity index (χ1n) is 6.09. The van der Waals surface area contributed by atoms with E-state index in [4.69, 9.17) is 10.7 Å². The Labute approximate surface area is 123 Å². The molecule has 0 saturated heterocycles. The van der Waals surface area contributed by atoms with E-state index in [1.807, 2.05) is 39.8 Å². The zero-order valence-electron chi connectivity index (χ0n) is 12.2. The molecule has 0 aliphatic carbocycles. The molecule has 3 nitrogen and oxygen atoms in total. The number of nitrogens with zero attached hydrogens (tertiary/aromatic N) is 1. The van der Waals surface area contributed by atoms with Crippen molar-refractivity contribution < 1.29 is 9.59 Å². The molecule has 1 aromatic rings. The number of aryl methyl sites for hydroxylation is 2. The molecular weight excluding hydrogens is 282 g/mol. The summed E-state index contributed by atoms with van der Waals surface area (Å²) in [4.78, 5) is 25.0. The van der Waals surface area contributed by atoms with Crippen LogP contribution in [0.4, 0.5) is 5.69 Å². The summed E-state index contributed by atoms with van der Waals surface area (Å²) in [6, 6.07) is 3.78. The fourth-order valence-corrected chi connectivity index (χ4v) is 2.71. The first-order chi connectivity index (χ1) is 8.88. The lowest BCUT2D eigenvalue weighted by Gasteiger charge is -2.22. The van der Waals surface area contributed by atoms with Crippen LogP contribution in [0.1, 0.15) is 38.8 Å². The van der Waals surface area contributed by atoms with E-state index in [1.54, 1.807) is 0 Å². The van der Waals surface area contributed by atoms with Gasteiger partial charge >= 0.3 is 0 Å². The molecule has 0 heterocycles. The van der Waals surface area contributed by atoms with Crippen LogP contribution in [-0.4, -0.2) is 11.8 Å². The normalized spacial score (nSPS) is 9.42. The number of hydrogen-bond donors (Lipinski definition) is 0. The maximum atomic E-state index is 11.5. The number of halogens is 1. The summed E-state index contributed by atoms with van der Waals surface area (Å²) in [5.74, 6) is -0.618. The Hall–Kier alpha value is -1.000. The summed E-state index contributed by atoms with van der Waals surface area (Å²) in [6.07, 6.45) is 0. The van der Waals surface area contributed by atoms with E-state index in [2.05, 4.69) is 0 Å². The molecule has 0 aliphatic rings. The monoisotopic (exact) mass is 301 g/mol. The van der Waals surface area contributed by atoms with Gasteiger partial charge in [-0.1, -0.05) is 19.9 Å². The van der Waals surface area contributed by atoms with E-state index >= 15 is 0 Å². The average Bonchev–Trinajstić information content (AvgIpc) is 2.33. The van der Waals surface area contributed by atoms with Crippen LogP contribution in [0, 0.1) is 13.8 Å². The number of rotatable bonds is 2. The summed E-state index contributed by atoms with van der Waals surface area (Å²) in [7, 11) is 6.81. The minimum atomic E-state index is -0.309. The van der Waals surface area contributed by atoms with Crippen molar-refractivity contribution in [2.75, 3.05) is 4.90 Å². The molecule has 0 bridgehead atoms. The van der Waals surface area contributed by atoms with Gasteiger partial charge in [0.15, 0.2) is 0 Å². The van der Waals surface area contributed by atoms with Crippen molar-refractivity contribution in [1.29, 1.82) is 0 Å².